The summed E-state index contributed by atoms with van der Waals surface area (Å²) in [5, 5.41) is 1.02. The van der Waals surface area contributed by atoms with Gasteiger partial charge in [0.25, 0.3) is 0 Å². The van der Waals surface area contributed by atoms with Crippen LogP contribution in [0.25, 0.3) is 10.9 Å². The molecule has 0 amide bonds. The van der Waals surface area contributed by atoms with Crippen LogP contribution in [0.4, 0.5) is 4.79 Å². The lowest BCUT2D eigenvalue weighted by Gasteiger charge is -2.31. The Morgan fingerprint density at radius 1 is 1.07 bits per heavy atom. The molecule has 2 aromatic carbocycles. The molecule has 150 valence electrons. The molecule has 0 N–H and O–H groups in total. The average molecular weight is 391 g/mol. The molecule has 1 aliphatic carbocycles. The number of hydrogen-bond acceptors (Lipinski definition) is 4. The third kappa shape index (κ3) is 3.31. The Balaban J connectivity index is 1.86. The summed E-state index contributed by atoms with van der Waals surface area (Å²) in [4.78, 5) is 25.4. The van der Waals surface area contributed by atoms with Gasteiger partial charge in [0.1, 0.15) is 11.5 Å². The number of carbonyl (C=O) groups is 2. The summed E-state index contributed by atoms with van der Waals surface area (Å²) in [5.74, 6) is 0.829. The van der Waals surface area contributed by atoms with Gasteiger partial charge in [0, 0.05) is 17.0 Å². The molecule has 0 radical (unpaired) electrons. The first-order valence-corrected chi connectivity index (χ1v) is 9.97. The average Bonchev–Trinajstić information content (AvgIpc) is 3.06. The van der Waals surface area contributed by atoms with Crippen molar-refractivity contribution in [3.05, 3.63) is 65.4 Å². The van der Waals surface area contributed by atoms with Gasteiger partial charge in [-0.2, -0.15) is 0 Å². The van der Waals surface area contributed by atoms with Crippen LogP contribution in [0.5, 0.6) is 5.75 Å². The van der Waals surface area contributed by atoms with Crippen LogP contribution in [-0.4, -0.2) is 30.2 Å². The molecule has 29 heavy (non-hydrogen) atoms. The van der Waals surface area contributed by atoms with Crippen LogP contribution in [0.15, 0.2) is 48.5 Å². The zero-order chi connectivity index (χ0) is 20.5. The van der Waals surface area contributed by atoms with Crippen LogP contribution in [0, 0.1) is 5.92 Å². The maximum atomic E-state index is 12.8. The second kappa shape index (κ2) is 7.74. The Kier molecular flexibility index (Phi) is 5.14. The number of ketones is 1. The van der Waals surface area contributed by atoms with Crippen molar-refractivity contribution in [2.75, 3.05) is 13.7 Å². The van der Waals surface area contributed by atoms with Gasteiger partial charge in [0.2, 0.25) is 0 Å². The molecule has 0 spiro atoms. The fourth-order valence-corrected chi connectivity index (χ4v) is 4.54. The minimum Gasteiger partial charge on any atom is -0.497 e. The number of fused-ring (bicyclic) bond motifs is 3. The SMILES string of the molecule is CCOC(=O)n1c2c(c3ccccc31)C[C@H](C(C)=O)[C@H](c1ccc(OC)cc1)C2. The number of benzene rings is 2. The number of ether oxygens (including phenoxy) is 2. The van der Waals surface area contributed by atoms with Crippen LogP contribution in [0.2, 0.25) is 0 Å². The summed E-state index contributed by atoms with van der Waals surface area (Å²) in [5.41, 5.74) is 3.95. The predicted molar refractivity (Wildman–Crippen MR) is 112 cm³/mol. The van der Waals surface area contributed by atoms with Crippen LogP contribution in [0.3, 0.4) is 0 Å². The zero-order valence-electron chi connectivity index (χ0n) is 17.0. The molecule has 4 rings (SSSR count). The first kappa shape index (κ1) is 19.2. The topological polar surface area (TPSA) is 57.5 Å². The monoisotopic (exact) mass is 391 g/mol. The van der Waals surface area contributed by atoms with Crippen molar-refractivity contribution in [3.63, 3.8) is 0 Å². The van der Waals surface area contributed by atoms with Gasteiger partial charge in [-0.05, 0) is 61.9 Å². The molecule has 3 aromatic rings. The molecular weight excluding hydrogens is 366 g/mol. The summed E-state index contributed by atoms with van der Waals surface area (Å²) in [6.07, 6.45) is 0.868. The van der Waals surface area contributed by atoms with E-state index in [0.29, 0.717) is 19.4 Å². The van der Waals surface area contributed by atoms with Gasteiger partial charge in [0.05, 0.1) is 19.2 Å². The molecule has 0 aliphatic heterocycles. The fraction of sp³-hybridized carbons (Fsp3) is 0.333. The Bertz CT molecular complexity index is 1060. The number of aromatic nitrogens is 1. The minimum absolute atomic E-state index is 0.00314. The van der Waals surface area contributed by atoms with Crippen molar-refractivity contribution >= 4 is 22.8 Å². The van der Waals surface area contributed by atoms with E-state index < -0.39 is 0 Å². The molecule has 1 aliphatic rings. The van der Waals surface area contributed by atoms with Gasteiger partial charge in [0.15, 0.2) is 0 Å². The number of rotatable bonds is 4. The summed E-state index contributed by atoms with van der Waals surface area (Å²) < 4.78 is 12.3. The molecule has 0 unspecified atom stereocenters. The first-order valence-electron chi connectivity index (χ1n) is 9.97. The maximum absolute atomic E-state index is 12.8. The fourth-order valence-electron chi connectivity index (χ4n) is 4.54. The number of carbonyl (C=O) groups excluding carboxylic acids is 2. The van der Waals surface area contributed by atoms with E-state index in [1.807, 2.05) is 55.5 Å². The smallest absolute Gasteiger partial charge is 0.418 e. The largest absolute Gasteiger partial charge is 0.497 e. The number of methoxy groups -OCH3 is 1. The Hall–Kier alpha value is -3.08. The van der Waals surface area contributed by atoms with E-state index in [9.17, 15) is 9.59 Å². The Morgan fingerprint density at radius 2 is 1.79 bits per heavy atom. The van der Waals surface area contributed by atoms with Crippen molar-refractivity contribution < 1.29 is 19.1 Å². The third-order valence-electron chi connectivity index (χ3n) is 5.93. The van der Waals surface area contributed by atoms with Crippen LogP contribution in [0.1, 0.15) is 36.6 Å². The number of nitrogens with zero attached hydrogens (tertiary/aromatic N) is 1. The van der Waals surface area contributed by atoms with E-state index in [1.165, 1.54) is 0 Å². The highest BCUT2D eigenvalue weighted by Gasteiger charge is 2.37. The second-order valence-electron chi connectivity index (χ2n) is 7.48. The molecule has 0 saturated heterocycles. The quantitative estimate of drug-likeness (QED) is 0.644. The second-order valence-corrected chi connectivity index (χ2v) is 7.48. The van der Waals surface area contributed by atoms with Crippen LogP contribution < -0.4 is 4.74 Å². The molecule has 0 bridgehead atoms. The van der Waals surface area contributed by atoms with Crippen LogP contribution in [-0.2, 0) is 22.4 Å². The number of hydrogen-bond donors (Lipinski definition) is 0. The summed E-state index contributed by atoms with van der Waals surface area (Å²) in [6.45, 7) is 3.79. The van der Waals surface area contributed by atoms with Gasteiger partial charge in [-0.3, -0.25) is 4.79 Å². The Labute approximate surface area is 170 Å². The molecule has 0 saturated carbocycles. The molecule has 1 aromatic heterocycles. The van der Waals surface area contributed by atoms with Crippen molar-refractivity contribution in [1.29, 1.82) is 0 Å². The van der Waals surface area contributed by atoms with Gasteiger partial charge < -0.3 is 9.47 Å². The van der Waals surface area contributed by atoms with E-state index in [-0.39, 0.29) is 23.7 Å². The van der Waals surface area contributed by atoms with Gasteiger partial charge in [-0.15, -0.1) is 0 Å². The molecular formula is C24H25NO4. The van der Waals surface area contributed by atoms with E-state index in [0.717, 1.165) is 33.5 Å². The zero-order valence-corrected chi connectivity index (χ0v) is 17.0. The Morgan fingerprint density at radius 3 is 2.45 bits per heavy atom. The lowest BCUT2D eigenvalue weighted by Crippen LogP contribution is -2.30. The van der Waals surface area contributed by atoms with Crippen molar-refractivity contribution in [1.82, 2.24) is 4.57 Å². The highest BCUT2D eigenvalue weighted by molar-refractivity contribution is 5.95. The van der Waals surface area contributed by atoms with E-state index in [2.05, 4.69) is 0 Å². The summed E-state index contributed by atoms with van der Waals surface area (Å²) in [6, 6.07) is 15.7. The minimum atomic E-state index is -0.361. The van der Waals surface area contributed by atoms with Crippen molar-refractivity contribution in [2.45, 2.75) is 32.6 Å². The maximum Gasteiger partial charge on any atom is 0.418 e. The summed E-state index contributed by atoms with van der Waals surface area (Å²) in [7, 11) is 1.64. The molecule has 5 nitrogen and oxygen atoms in total. The molecule has 2 atom stereocenters. The lowest BCUT2D eigenvalue weighted by atomic mass is 9.72. The third-order valence-corrected chi connectivity index (χ3v) is 5.93. The highest BCUT2D eigenvalue weighted by atomic mass is 16.5. The van der Waals surface area contributed by atoms with Gasteiger partial charge in [-0.25, -0.2) is 9.36 Å². The first-order chi connectivity index (χ1) is 14.0. The number of para-hydroxylation sites is 1. The van der Waals surface area contributed by atoms with E-state index in [4.69, 9.17) is 9.47 Å². The predicted octanol–water partition coefficient (Wildman–Crippen LogP) is 4.74. The van der Waals surface area contributed by atoms with Gasteiger partial charge >= 0.3 is 6.09 Å². The van der Waals surface area contributed by atoms with Gasteiger partial charge in [-0.1, -0.05) is 30.3 Å². The molecule has 0 fully saturated rings. The van der Waals surface area contributed by atoms with E-state index in [1.54, 1.807) is 18.6 Å². The lowest BCUT2D eigenvalue weighted by molar-refractivity contribution is -0.121. The highest BCUT2D eigenvalue weighted by Crippen LogP contribution is 2.42. The summed E-state index contributed by atoms with van der Waals surface area (Å²) >= 11 is 0. The van der Waals surface area contributed by atoms with Crippen LogP contribution >= 0.6 is 0 Å². The standard InChI is InChI=1S/C24H25NO4/c1-4-29-24(27)25-22-8-6-5-7-18(22)21-13-19(15(2)26)20(14-23(21)25)16-9-11-17(28-3)12-10-16/h5-12,19-20H,4,13-14H2,1-3H3/t19-,20+/m1/s1. The molecule has 1 heterocycles. The van der Waals surface area contributed by atoms with Crippen molar-refractivity contribution in [3.8, 4) is 5.75 Å². The molecule has 5 heteroatoms. The van der Waals surface area contributed by atoms with Crippen molar-refractivity contribution in [2.24, 2.45) is 5.92 Å². The number of Topliss-reactive ketones (excluding diaryl/α,β-unsaturated/α-hetero) is 1. The van der Waals surface area contributed by atoms with E-state index >= 15 is 0 Å². The normalized spacial score (nSPS) is 18.3.